The first kappa shape index (κ1) is 23.0. The first-order valence-electron chi connectivity index (χ1n) is 10.5. The van der Waals surface area contributed by atoms with E-state index in [-0.39, 0.29) is 35.1 Å². The standard InChI is InChI=1S/C25H23F4NO3/c1-13-9-16-15-5-4-6-17(26)23(15)33-24(16)22(30(13)12-25(2,3)29)21-18(27)10-14(11-19(21)28)7-8-20(31)32/h4-8,10-11,13,22H,9,12H2,1-3H3,(H,31,32)/b8-7+. The van der Waals surface area contributed by atoms with Crippen LogP contribution in [0.2, 0.25) is 0 Å². The van der Waals surface area contributed by atoms with Crippen molar-refractivity contribution < 1.29 is 31.9 Å². The van der Waals surface area contributed by atoms with Gasteiger partial charge in [-0.1, -0.05) is 12.1 Å². The number of carbonyl (C=O) groups is 1. The topological polar surface area (TPSA) is 53.7 Å². The molecular weight excluding hydrogens is 438 g/mol. The van der Waals surface area contributed by atoms with Crippen molar-refractivity contribution in [2.45, 2.75) is 44.9 Å². The molecule has 2 atom stereocenters. The number of benzene rings is 2. The highest BCUT2D eigenvalue weighted by Gasteiger charge is 2.42. The number of para-hydroxylation sites is 1. The Morgan fingerprint density at radius 1 is 1.21 bits per heavy atom. The van der Waals surface area contributed by atoms with E-state index in [4.69, 9.17) is 9.52 Å². The number of hydrogen-bond acceptors (Lipinski definition) is 3. The maximum Gasteiger partial charge on any atom is 0.328 e. The highest BCUT2D eigenvalue weighted by molar-refractivity contribution is 5.85. The Labute approximate surface area is 188 Å². The van der Waals surface area contributed by atoms with Crippen LogP contribution in [-0.2, 0) is 11.2 Å². The minimum atomic E-state index is -1.68. The van der Waals surface area contributed by atoms with Gasteiger partial charge in [0.1, 0.15) is 29.1 Å². The lowest BCUT2D eigenvalue weighted by molar-refractivity contribution is -0.131. The molecule has 0 aliphatic carbocycles. The summed E-state index contributed by atoms with van der Waals surface area (Å²) in [6.45, 7) is 4.42. The summed E-state index contributed by atoms with van der Waals surface area (Å²) < 4.78 is 65.7. The van der Waals surface area contributed by atoms with Crippen LogP contribution in [0.4, 0.5) is 17.6 Å². The second-order valence-electron chi connectivity index (χ2n) is 8.98. The Balaban J connectivity index is 1.94. The molecule has 174 valence electrons. The monoisotopic (exact) mass is 461 g/mol. The average Bonchev–Trinajstić information content (AvgIpc) is 3.06. The molecule has 0 radical (unpaired) electrons. The molecule has 1 N–H and O–H groups in total. The third kappa shape index (κ3) is 4.39. The molecule has 2 heterocycles. The van der Waals surface area contributed by atoms with Crippen molar-refractivity contribution in [2.24, 2.45) is 0 Å². The first-order valence-corrected chi connectivity index (χ1v) is 10.5. The summed E-state index contributed by atoms with van der Waals surface area (Å²) in [6, 6.07) is 5.02. The summed E-state index contributed by atoms with van der Waals surface area (Å²) in [5.41, 5.74) is -1.41. The molecule has 0 saturated carbocycles. The fourth-order valence-corrected chi connectivity index (χ4v) is 4.51. The van der Waals surface area contributed by atoms with E-state index in [9.17, 15) is 13.6 Å². The van der Waals surface area contributed by atoms with Crippen LogP contribution in [0.25, 0.3) is 17.0 Å². The maximum absolute atomic E-state index is 15.3. The van der Waals surface area contributed by atoms with Gasteiger partial charge in [-0.3, -0.25) is 4.90 Å². The van der Waals surface area contributed by atoms with Crippen LogP contribution in [0.3, 0.4) is 0 Å². The number of furan rings is 1. The highest BCUT2D eigenvalue weighted by Crippen LogP contribution is 2.45. The third-order valence-electron chi connectivity index (χ3n) is 5.80. The van der Waals surface area contributed by atoms with E-state index < -0.39 is 35.1 Å². The zero-order chi connectivity index (χ0) is 24.1. The Morgan fingerprint density at radius 2 is 1.88 bits per heavy atom. The van der Waals surface area contributed by atoms with Gasteiger partial charge in [-0.05, 0) is 57.0 Å². The van der Waals surface area contributed by atoms with E-state index in [1.807, 2.05) is 6.92 Å². The lowest BCUT2D eigenvalue weighted by Crippen LogP contribution is -2.48. The number of carboxylic acids is 1. The second-order valence-corrected chi connectivity index (χ2v) is 8.98. The van der Waals surface area contributed by atoms with E-state index >= 15 is 8.78 Å². The summed E-state index contributed by atoms with van der Waals surface area (Å²) in [7, 11) is 0. The van der Waals surface area contributed by atoms with Crippen molar-refractivity contribution in [3.63, 3.8) is 0 Å². The second kappa shape index (κ2) is 8.33. The highest BCUT2D eigenvalue weighted by atomic mass is 19.1. The molecule has 3 aromatic rings. The normalized spacial score (nSPS) is 19.4. The van der Waals surface area contributed by atoms with E-state index in [1.54, 1.807) is 11.0 Å². The van der Waals surface area contributed by atoms with Crippen LogP contribution in [-0.4, -0.2) is 34.2 Å². The zero-order valence-electron chi connectivity index (χ0n) is 18.3. The van der Waals surface area contributed by atoms with Gasteiger partial charge < -0.3 is 9.52 Å². The number of hydrogen-bond donors (Lipinski definition) is 1. The van der Waals surface area contributed by atoms with Gasteiger partial charge in [-0.25, -0.2) is 22.4 Å². The molecule has 1 aliphatic heterocycles. The maximum atomic E-state index is 15.3. The molecule has 4 rings (SSSR count). The van der Waals surface area contributed by atoms with Crippen molar-refractivity contribution in [1.29, 1.82) is 0 Å². The van der Waals surface area contributed by atoms with Gasteiger partial charge in [0.15, 0.2) is 11.4 Å². The largest absolute Gasteiger partial charge is 0.478 e. The summed E-state index contributed by atoms with van der Waals surface area (Å²) >= 11 is 0. The van der Waals surface area contributed by atoms with Gasteiger partial charge in [0.2, 0.25) is 0 Å². The van der Waals surface area contributed by atoms with E-state index in [0.29, 0.717) is 17.4 Å². The molecule has 4 nitrogen and oxygen atoms in total. The SMILES string of the molecule is CC1Cc2c(oc3c(F)cccc23)C(c2c(F)cc(/C=C/C(=O)O)cc2F)N1CC(C)(C)F. The van der Waals surface area contributed by atoms with Gasteiger partial charge in [-0.15, -0.1) is 0 Å². The van der Waals surface area contributed by atoms with Crippen LogP contribution in [0.1, 0.15) is 49.3 Å². The Kier molecular flexibility index (Phi) is 5.82. The van der Waals surface area contributed by atoms with Crippen molar-refractivity contribution in [2.75, 3.05) is 6.54 Å². The summed E-state index contributed by atoms with van der Waals surface area (Å²) in [4.78, 5) is 12.4. The molecule has 0 bridgehead atoms. The molecule has 0 spiro atoms. The number of carboxylic acid groups (broad SMARTS) is 1. The van der Waals surface area contributed by atoms with Gasteiger partial charge in [-0.2, -0.15) is 0 Å². The zero-order valence-corrected chi connectivity index (χ0v) is 18.3. The molecule has 0 fully saturated rings. The van der Waals surface area contributed by atoms with Crippen LogP contribution in [0, 0.1) is 17.5 Å². The van der Waals surface area contributed by atoms with Crippen molar-refractivity contribution in [3.05, 3.63) is 76.3 Å². The summed E-state index contributed by atoms with van der Waals surface area (Å²) in [5.74, 6) is -3.56. The molecule has 1 aliphatic rings. The summed E-state index contributed by atoms with van der Waals surface area (Å²) in [6.07, 6.45) is 2.24. The van der Waals surface area contributed by atoms with Gasteiger partial charge >= 0.3 is 5.97 Å². The molecule has 2 unspecified atom stereocenters. The number of fused-ring (bicyclic) bond motifs is 3. The average molecular weight is 461 g/mol. The van der Waals surface area contributed by atoms with Crippen LogP contribution < -0.4 is 0 Å². The van der Waals surface area contributed by atoms with Gasteiger partial charge in [0.25, 0.3) is 0 Å². The number of alkyl halides is 1. The lowest BCUT2D eigenvalue weighted by atomic mass is 9.87. The molecule has 0 amide bonds. The smallest absolute Gasteiger partial charge is 0.328 e. The molecule has 1 aromatic heterocycles. The lowest BCUT2D eigenvalue weighted by Gasteiger charge is -2.42. The van der Waals surface area contributed by atoms with Crippen LogP contribution >= 0.6 is 0 Å². The molecular formula is C25H23F4NO3. The summed E-state index contributed by atoms with van der Waals surface area (Å²) in [5, 5.41) is 9.30. The Bertz CT molecular complexity index is 1240. The quantitative estimate of drug-likeness (QED) is 0.372. The fourth-order valence-electron chi connectivity index (χ4n) is 4.51. The minimum Gasteiger partial charge on any atom is -0.478 e. The number of halogens is 4. The molecule has 8 heteroatoms. The van der Waals surface area contributed by atoms with Crippen LogP contribution in [0.5, 0.6) is 0 Å². The van der Waals surface area contributed by atoms with E-state index in [0.717, 1.165) is 24.3 Å². The minimum absolute atomic E-state index is 0.0112. The van der Waals surface area contributed by atoms with Crippen molar-refractivity contribution in [1.82, 2.24) is 4.90 Å². The molecule has 0 saturated heterocycles. The molecule has 33 heavy (non-hydrogen) atoms. The first-order chi connectivity index (χ1) is 15.5. The molecule has 2 aromatic carbocycles. The Morgan fingerprint density at radius 3 is 2.48 bits per heavy atom. The number of rotatable bonds is 5. The number of aliphatic carboxylic acids is 1. The van der Waals surface area contributed by atoms with Crippen molar-refractivity contribution in [3.8, 4) is 0 Å². The predicted molar refractivity (Wildman–Crippen MR) is 116 cm³/mol. The van der Waals surface area contributed by atoms with Crippen LogP contribution in [0.15, 0.2) is 40.8 Å². The number of nitrogens with zero attached hydrogens (tertiary/aromatic N) is 1. The third-order valence-corrected chi connectivity index (χ3v) is 5.80. The van der Waals surface area contributed by atoms with Gasteiger partial charge in [0, 0.05) is 35.2 Å². The van der Waals surface area contributed by atoms with E-state index in [2.05, 4.69) is 0 Å². The predicted octanol–water partition coefficient (Wildman–Crippen LogP) is 6.03. The Hall–Kier alpha value is -3.13. The van der Waals surface area contributed by atoms with Crippen molar-refractivity contribution >= 4 is 23.0 Å². The fraction of sp³-hybridized carbons (Fsp3) is 0.320. The van der Waals surface area contributed by atoms with E-state index in [1.165, 1.54) is 26.0 Å². The van der Waals surface area contributed by atoms with Gasteiger partial charge in [0.05, 0.1) is 0 Å².